The Kier molecular flexibility index (Phi) is 9.82. The van der Waals surface area contributed by atoms with Gasteiger partial charge in [-0.15, -0.1) is 0 Å². The van der Waals surface area contributed by atoms with Gasteiger partial charge in [0.05, 0.1) is 17.1 Å². The quantitative estimate of drug-likeness (QED) is 0.183. The fourth-order valence-electron chi connectivity index (χ4n) is 11.0. The number of carboxylic acid groups (broad SMARTS) is 1. The highest BCUT2D eigenvalue weighted by molar-refractivity contribution is 6.10. The summed E-state index contributed by atoms with van der Waals surface area (Å²) in [4.78, 5) is 52.5. The van der Waals surface area contributed by atoms with Crippen LogP contribution in [0.1, 0.15) is 103 Å². The van der Waals surface area contributed by atoms with Crippen LogP contribution in [0.15, 0.2) is 65.4 Å². The van der Waals surface area contributed by atoms with Crippen LogP contribution < -0.4 is 14.4 Å². The Morgan fingerprint density at radius 2 is 1.69 bits per heavy atom. The summed E-state index contributed by atoms with van der Waals surface area (Å²) in [6.07, 6.45) is 13.6. The third-order valence-corrected chi connectivity index (χ3v) is 13.8. The molecule has 3 saturated carbocycles. The number of anilines is 1. The smallest absolute Gasteiger partial charge is 0.330 e. The zero-order valence-corrected chi connectivity index (χ0v) is 35.1. The highest BCUT2D eigenvalue weighted by Crippen LogP contribution is 2.71. The van der Waals surface area contributed by atoms with Gasteiger partial charge in [0.2, 0.25) is 0 Å². The Hall–Kier alpha value is -4.74. The van der Waals surface area contributed by atoms with Crippen molar-refractivity contribution in [2.24, 2.45) is 17.8 Å². The highest BCUT2D eigenvalue weighted by Gasteiger charge is 2.86. The molecule has 1 spiro atoms. The summed E-state index contributed by atoms with van der Waals surface area (Å²) in [5.41, 5.74) is -1.26. The molecule has 0 amide bonds. The van der Waals surface area contributed by atoms with Gasteiger partial charge in [0.1, 0.15) is 34.2 Å². The first kappa shape index (κ1) is 40.1. The number of ketones is 2. The molecule has 3 aliphatic carbocycles. The van der Waals surface area contributed by atoms with E-state index in [1.54, 1.807) is 12.3 Å². The van der Waals surface area contributed by atoms with Gasteiger partial charge in [-0.3, -0.25) is 14.5 Å². The molecule has 308 valence electrons. The fourth-order valence-corrected chi connectivity index (χ4v) is 11.0. The Morgan fingerprint density at radius 1 is 0.966 bits per heavy atom. The van der Waals surface area contributed by atoms with Crippen LogP contribution >= 0.6 is 0 Å². The first-order valence-corrected chi connectivity index (χ1v) is 20.8. The van der Waals surface area contributed by atoms with Gasteiger partial charge in [0, 0.05) is 67.8 Å². The standard InChI is InChI=1S/C47H57N3O8/c1-27(2)12-11-18-45(8)19-17-30-38(51)35-39(52)36-37(50-24-22-49(23-25-50)34-13-9-10-21-48-34)32-26-33-44(6,7)58-46(42(32)53,20-16-29(5)43(54)55)47(33,36)57-41(35)31(40(30)56-45)15-14-28(3)4/h9-10,12-14,16-17,19,21,32-33,36-37,51H,11,15,18,20,22-26H2,1-8H3,(H,54,55). The molecule has 7 aliphatic rings. The summed E-state index contributed by atoms with van der Waals surface area (Å²) in [6, 6.07) is 5.31. The predicted octanol–water partition coefficient (Wildman–Crippen LogP) is 7.51. The number of carbonyl (C=O) groups excluding carboxylic acids is 2. The normalized spacial score (nSPS) is 31.8. The molecule has 11 nitrogen and oxygen atoms in total. The van der Waals surface area contributed by atoms with Crippen LogP contribution in [-0.2, 0) is 20.7 Å². The number of aromatic hydroxyl groups is 1. The van der Waals surface area contributed by atoms with Crippen LogP contribution in [-0.4, -0.2) is 92.3 Å². The second kappa shape index (κ2) is 14.2. The molecule has 5 fully saturated rings. The number of hydrogen-bond donors (Lipinski definition) is 2. The predicted molar refractivity (Wildman–Crippen MR) is 221 cm³/mol. The minimum Gasteiger partial charge on any atom is -0.506 e. The molecule has 5 heterocycles. The maximum atomic E-state index is 15.9. The summed E-state index contributed by atoms with van der Waals surface area (Å²) in [6.45, 7) is 18.1. The van der Waals surface area contributed by atoms with E-state index < -0.39 is 52.2 Å². The number of hydrogen-bond acceptors (Lipinski definition) is 10. The van der Waals surface area contributed by atoms with Crippen molar-refractivity contribution in [2.75, 3.05) is 31.1 Å². The van der Waals surface area contributed by atoms with E-state index in [0.717, 1.165) is 17.8 Å². The van der Waals surface area contributed by atoms with E-state index in [4.69, 9.17) is 14.2 Å². The van der Waals surface area contributed by atoms with Crippen molar-refractivity contribution in [2.45, 2.75) is 116 Å². The van der Waals surface area contributed by atoms with Crippen LogP contribution in [0.5, 0.6) is 17.2 Å². The minimum absolute atomic E-state index is 0.0679. The fraction of sp³-hybridized carbons (Fsp3) is 0.532. The van der Waals surface area contributed by atoms with Gasteiger partial charge in [0.15, 0.2) is 22.8 Å². The van der Waals surface area contributed by atoms with Crippen molar-refractivity contribution < 1.29 is 38.8 Å². The number of benzene rings is 1. The summed E-state index contributed by atoms with van der Waals surface area (Å²) in [5, 5.41) is 22.3. The van der Waals surface area contributed by atoms with Gasteiger partial charge in [-0.1, -0.05) is 35.4 Å². The maximum Gasteiger partial charge on any atom is 0.330 e. The number of phenolic OH excluding ortho intramolecular Hbond substituents is 1. The van der Waals surface area contributed by atoms with Gasteiger partial charge in [-0.05, 0) is 105 Å². The number of nitrogens with zero attached hydrogens (tertiary/aromatic N) is 3. The summed E-state index contributed by atoms with van der Waals surface area (Å²) >= 11 is 0. The van der Waals surface area contributed by atoms with Gasteiger partial charge in [-0.25, -0.2) is 9.78 Å². The van der Waals surface area contributed by atoms with Crippen LogP contribution in [0.25, 0.3) is 6.08 Å². The molecule has 7 atom stereocenters. The lowest BCUT2D eigenvalue weighted by atomic mass is 9.44. The van der Waals surface area contributed by atoms with Gasteiger partial charge < -0.3 is 29.3 Å². The van der Waals surface area contributed by atoms with E-state index >= 15 is 9.59 Å². The largest absolute Gasteiger partial charge is 0.506 e. The van der Waals surface area contributed by atoms with Crippen LogP contribution in [0.2, 0.25) is 0 Å². The average molecular weight is 792 g/mol. The van der Waals surface area contributed by atoms with Crippen molar-refractivity contribution in [1.29, 1.82) is 0 Å². The lowest BCUT2D eigenvalue weighted by molar-refractivity contribution is -0.213. The van der Waals surface area contributed by atoms with E-state index in [-0.39, 0.29) is 40.6 Å². The second-order valence-corrected chi connectivity index (χ2v) is 18.5. The summed E-state index contributed by atoms with van der Waals surface area (Å²) in [7, 11) is 0. The monoisotopic (exact) mass is 791 g/mol. The molecule has 7 unspecified atom stereocenters. The van der Waals surface area contributed by atoms with E-state index in [2.05, 4.69) is 40.8 Å². The molecule has 2 N–H and O–H groups in total. The Balaban J connectivity index is 1.32. The topological polar surface area (TPSA) is 139 Å². The van der Waals surface area contributed by atoms with Crippen molar-refractivity contribution in [1.82, 2.24) is 9.88 Å². The van der Waals surface area contributed by atoms with Gasteiger partial charge in [-0.2, -0.15) is 0 Å². The molecule has 2 saturated heterocycles. The minimum atomic E-state index is -1.66. The van der Waals surface area contributed by atoms with Crippen LogP contribution in [0.4, 0.5) is 5.82 Å². The number of carboxylic acids is 1. The van der Waals surface area contributed by atoms with Crippen molar-refractivity contribution in [3.63, 3.8) is 0 Å². The lowest BCUT2D eigenvalue weighted by Crippen LogP contribution is -2.82. The Bertz CT molecular complexity index is 2170. The number of pyridine rings is 1. The van der Waals surface area contributed by atoms with E-state index in [9.17, 15) is 15.0 Å². The first-order chi connectivity index (χ1) is 27.4. The summed E-state index contributed by atoms with van der Waals surface area (Å²) < 4.78 is 21.5. The van der Waals surface area contributed by atoms with Gasteiger partial charge in [0.25, 0.3) is 0 Å². The molecule has 4 aliphatic heterocycles. The van der Waals surface area contributed by atoms with Crippen LogP contribution in [0.3, 0.4) is 0 Å². The molecular weight excluding hydrogens is 735 g/mol. The molecule has 2 aromatic rings. The zero-order chi connectivity index (χ0) is 41.5. The SMILES string of the molecule is CC(C)=CCCC1(C)C=Cc2c(O)c3c(c(CC=C(C)C)c2O1)OC12C(C3=O)C(N3CCN(c4ccccn4)CC3)C3CC1C(C)(C)OC2(CC=C(C)C(=O)O)C3=O. The third-order valence-electron chi connectivity index (χ3n) is 13.8. The van der Waals surface area contributed by atoms with Gasteiger partial charge >= 0.3 is 5.97 Å². The summed E-state index contributed by atoms with van der Waals surface area (Å²) in [5.74, 6) is -2.06. The molecule has 4 bridgehead atoms. The molecule has 1 aromatic heterocycles. The van der Waals surface area contributed by atoms with Crippen molar-refractivity contribution in [3.05, 3.63) is 82.1 Å². The number of carbonyl (C=O) groups is 3. The number of fused-ring (bicyclic) bond motifs is 2. The Morgan fingerprint density at radius 3 is 2.34 bits per heavy atom. The van der Waals surface area contributed by atoms with E-state index in [0.29, 0.717) is 62.3 Å². The second-order valence-electron chi connectivity index (χ2n) is 18.5. The molecule has 0 radical (unpaired) electrons. The van der Waals surface area contributed by atoms with E-state index in [1.165, 1.54) is 12.5 Å². The average Bonchev–Trinajstić information content (AvgIpc) is 3.32. The van der Waals surface area contributed by atoms with Crippen molar-refractivity contribution >= 4 is 29.4 Å². The molecule has 11 heteroatoms. The molecule has 9 rings (SSSR count). The highest BCUT2D eigenvalue weighted by atomic mass is 16.6. The Labute approximate surface area is 341 Å². The lowest BCUT2D eigenvalue weighted by Gasteiger charge is -2.65. The zero-order valence-electron chi connectivity index (χ0n) is 35.1. The molecule has 58 heavy (non-hydrogen) atoms. The number of phenols is 1. The number of aromatic nitrogens is 1. The third kappa shape index (κ3) is 6.05. The number of Topliss-reactive ketones (excluding diaryl/α,β-unsaturated/α-hetero) is 2. The first-order valence-electron chi connectivity index (χ1n) is 20.8. The number of ether oxygens (including phenoxy) is 3. The number of allylic oxidation sites excluding steroid dienone is 4. The number of piperazine rings is 1. The number of aliphatic carboxylic acids is 1. The number of rotatable bonds is 10. The maximum absolute atomic E-state index is 15.9. The van der Waals surface area contributed by atoms with Crippen molar-refractivity contribution in [3.8, 4) is 17.2 Å². The molecule has 1 aromatic carbocycles. The van der Waals surface area contributed by atoms with E-state index in [1.807, 2.05) is 65.0 Å². The van der Waals surface area contributed by atoms with Crippen LogP contribution in [0, 0.1) is 17.8 Å². The molecular formula is C47H57N3O8.